The number of hydrazone groups is 1. The van der Waals surface area contributed by atoms with E-state index in [2.05, 4.69) is 15.5 Å². The second kappa shape index (κ2) is 8.29. The van der Waals surface area contributed by atoms with Gasteiger partial charge in [-0.15, -0.1) is 11.3 Å². The molecule has 0 aliphatic carbocycles. The van der Waals surface area contributed by atoms with Gasteiger partial charge in [0.15, 0.2) is 11.7 Å². The van der Waals surface area contributed by atoms with E-state index in [4.69, 9.17) is 10.00 Å². The van der Waals surface area contributed by atoms with Crippen molar-refractivity contribution >= 4 is 23.5 Å². The molecule has 1 amide bonds. The fourth-order valence-corrected chi connectivity index (χ4v) is 3.27. The van der Waals surface area contributed by atoms with Gasteiger partial charge in [0.2, 0.25) is 0 Å². The number of thiazole rings is 1. The van der Waals surface area contributed by atoms with Crippen molar-refractivity contribution in [1.29, 1.82) is 5.26 Å². The number of aryl methyl sites for hydroxylation is 1. The van der Waals surface area contributed by atoms with Crippen molar-refractivity contribution in [2.45, 2.75) is 13.8 Å². The van der Waals surface area contributed by atoms with Gasteiger partial charge in [0.25, 0.3) is 5.91 Å². The lowest BCUT2D eigenvalue weighted by atomic mass is 10.2. The van der Waals surface area contributed by atoms with E-state index in [-0.39, 0.29) is 12.5 Å². The molecule has 0 bridgehead atoms. The van der Waals surface area contributed by atoms with Gasteiger partial charge in [-0.25, -0.2) is 10.4 Å². The molecule has 2 aromatic heterocycles. The lowest BCUT2D eigenvalue weighted by Crippen LogP contribution is -2.24. The number of aromatic nitrogens is 2. The average molecular weight is 379 g/mol. The molecular weight excluding hydrogens is 362 g/mol. The molecule has 0 unspecified atom stereocenters. The summed E-state index contributed by atoms with van der Waals surface area (Å²) in [5.41, 5.74) is 5.91. The van der Waals surface area contributed by atoms with E-state index in [0.717, 1.165) is 22.1 Å². The van der Waals surface area contributed by atoms with Gasteiger partial charge in [0.1, 0.15) is 5.75 Å². The van der Waals surface area contributed by atoms with Gasteiger partial charge < -0.3 is 4.74 Å². The number of nitriles is 1. The number of ether oxygens (including phenoxy) is 1. The third kappa shape index (κ3) is 4.40. The summed E-state index contributed by atoms with van der Waals surface area (Å²) in [6.45, 7) is 3.81. The Balaban J connectivity index is 1.56. The van der Waals surface area contributed by atoms with Crippen LogP contribution < -0.4 is 10.2 Å². The molecule has 0 aliphatic rings. The Morgan fingerprint density at radius 1 is 1.41 bits per heavy atom. The predicted molar refractivity (Wildman–Crippen MR) is 103 cm³/mol. The highest BCUT2D eigenvalue weighted by atomic mass is 32.1. The van der Waals surface area contributed by atoms with E-state index in [1.54, 1.807) is 48.0 Å². The fourth-order valence-electron chi connectivity index (χ4n) is 2.52. The first-order valence-corrected chi connectivity index (χ1v) is 9.00. The number of carbonyl (C=O) groups excluding carboxylic acids is 1. The molecular formula is C19H17N5O2S. The minimum absolute atomic E-state index is 0.165. The zero-order valence-corrected chi connectivity index (χ0v) is 15.7. The minimum Gasteiger partial charge on any atom is -0.484 e. The fraction of sp³-hybridized carbons (Fsp3) is 0.158. The molecule has 0 aliphatic heterocycles. The molecule has 0 radical (unpaired) electrons. The normalized spacial score (nSPS) is 10.7. The summed E-state index contributed by atoms with van der Waals surface area (Å²) in [7, 11) is 0. The minimum atomic E-state index is -0.371. The second-order valence-corrected chi connectivity index (χ2v) is 6.57. The summed E-state index contributed by atoms with van der Waals surface area (Å²) < 4.78 is 7.40. The summed E-state index contributed by atoms with van der Waals surface area (Å²) in [4.78, 5) is 16.2. The van der Waals surface area contributed by atoms with E-state index < -0.39 is 0 Å². The molecule has 1 aromatic carbocycles. The standard InChI is InChI=1S/C19H17N5O2S/c1-13-9-16(14(2)24(13)19-21-7-8-27-19)11-22-23-18(25)12-26-17-5-3-15(10-20)4-6-17/h3-9,11H,12H2,1-2H3,(H,23,25)/b22-11-. The number of nitrogens with zero attached hydrogens (tertiary/aromatic N) is 4. The summed E-state index contributed by atoms with van der Waals surface area (Å²) in [5, 5.41) is 15.6. The number of benzene rings is 1. The zero-order chi connectivity index (χ0) is 19.2. The number of hydrogen-bond donors (Lipinski definition) is 1. The van der Waals surface area contributed by atoms with Gasteiger partial charge in [-0.1, -0.05) is 0 Å². The van der Waals surface area contributed by atoms with Crippen molar-refractivity contribution in [3.63, 3.8) is 0 Å². The monoisotopic (exact) mass is 379 g/mol. The van der Waals surface area contributed by atoms with Crippen molar-refractivity contribution in [3.05, 3.63) is 64.4 Å². The lowest BCUT2D eigenvalue weighted by molar-refractivity contribution is -0.123. The van der Waals surface area contributed by atoms with Crippen molar-refractivity contribution in [2.24, 2.45) is 5.10 Å². The van der Waals surface area contributed by atoms with E-state index in [1.165, 1.54) is 0 Å². The maximum atomic E-state index is 11.9. The Morgan fingerprint density at radius 2 is 2.19 bits per heavy atom. The molecule has 0 saturated heterocycles. The smallest absolute Gasteiger partial charge is 0.277 e. The molecule has 3 rings (SSSR count). The SMILES string of the molecule is Cc1cc(/C=N\NC(=O)COc2ccc(C#N)cc2)c(C)n1-c1nccs1. The molecule has 0 saturated carbocycles. The molecule has 8 heteroatoms. The van der Waals surface area contributed by atoms with Crippen LogP contribution >= 0.6 is 11.3 Å². The third-order valence-electron chi connectivity index (χ3n) is 3.83. The maximum absolute atomic E-state index is 11.9. The topological polar surface area (TPSA) is 92.3 Å². The Hall–Kier alpha value is -3.44. The predicted octanol–water partition coefficient (Wildman–Crippen LogP) is 2.95. The van der Waals surface area contributed by atoms with Crippen LogP contribution in [0.5, 0.6) is 5.75 Å². The first kappa shape index (κ1) is 18.4. The van der Waals surface area contributed by atoms with Crippen LogP contribution in [0.25, 0.3) is 5.13 Å². The Morgan fingerprint density at radius 3 is 2.85 bits per heavy atom. The molecule has 2 heterocycles. The molecule has 3 aromatic rings. The lowest BCUT2D eigenvalue weighted by Gasteiger charge is -2.05. The van der Waals surface area contributed by atoms with Crippen LogP contribution in [0, 0.1) is 25.2 Å². The van der Waals surface area contributed by atoms with Crippen LogP contribution in [0.4, 0.5) is 0 Å². The van der Waals surface area contributed by atoms with Crippen LogP contribution in [0.15, 0.2) is 47.0 Å². The Kier molecular flexibility index (Phi) is 5.64. The number of nitrogens with one attached hydrogen (secondary N) is 1. The second-order valence-electron chi connectivity index (χ2n) is 5.69. The van der Waals surface area contributed by atoms with Crippen LogP contribution in [0.2, 0.25) is 0 Å². The number of carbonyl (C=O) groups is 1. The van der Waals surface area contributed by atoms with Crippen molar-refractivity contribution in [3.8, 4) is 17.0 Å². The number of amides is 1. The van der Waals surface area contributed by atoms with Crippen LogP contribution in [0.1, 0.15) is 22.5 Å². The van der Waals surface area contributed by atoms with Gasteiger partial charge in [-0.3, -0.25) is 9.36 Å². The van der Waals surface area contributed by atoms with Crippen LogP contribution in [-0.4, -0.2) is 28.3 Å². The van der Waals surface area contributed by atoms with Gasteiger partial charge >= 0.3 is 0 Å². The molecule has 1 N–H and O–H groups in total. The van der Waals surface area contributed by atoms with Crippen LogP contribution in [-0.2, 0) is 4.79 Å². The van der Waals surface area contributed by atoms with Gasteiger partial charge in [-0.05, 0) is 44.2 Å². The quantitative estimate of drug-likeness (QED) is 0.526. The van der Waals surface area contributed by atoms with Gasteiger partial charge in [0, 0.05) is 28.5 Å². The molecule has 27 heavy (non-hydrogen) atoms. The Bertz CT molecular complexity index is 998. The van der Waals surface area contributed by atoms with E-state index in [0.29, 0.717) is 11.3 Å². The van der Waals surface area contributed by atoms with Crippen LogP contribution in [0.3, 0.4) is 0 Å². The van der Waals surface area contributed by atoms with E-state index >= 15 is 0 Å². The Labute approximate surface area is 160 Å². The molecule has 0 spiro atoms. The summed E-state index contributed by atoms with van der Waals surface area (Å²) in [5.74, 6) is 0.143. The largest absolute Gasteiger partial charge is 0.484 e. The highest BCUT2D eigenvalue weighted by molar-refractivity contribution is 7.12. The van der Waals surface area contributed by atoms with Crippen molar-refractivity contribution in [2.75, 3.05) is 6.61 Å². The molecule has 0 atom stereocenters. The summed E-state index contributed by atoms with van der Waals surface area (Å²) in [6.07, 6.45) is 3.37. The molecule has 0 fully saturated rings. The van der Waals surface area contributed by atoms with E-state index in [9.17, 15) is 4.79 Å². The summed E-state index contributed by atoms with van der Waals surface area (Å²) >= 11 is 1.56. The maximum Gasteiger partial charge on any atom is 0.277 e. The first-order chi connectivity index (χ1) is 13.1. The van der Waals surface area contributed by atoms with Crippen molar-refractivity contribution < 1.29 is 9.53 Å². The number of rotatable bonds is 6. The zero-order valence-electron chi connectivity index (χ0n) is 14.8. The molecule has 7 nitrogen and oxygen atoms in total. The average Bonchev–Trinajstić information content (AvgIpc) is 3.28. The first-order valence-electron chi connectivity index (χ1n) is 8.12. The van der Waals surface area contributed by atoms with Crippen molar-refractivity contribution in [1.82, 2.24) is 15.0 Å². The van der Waals surface area contributed by atoms with Gasteiger partial charge in [-0.2, -0.15) is 10.4 Å². The van der Waals surface area contributed by atoms with E-state index in [1.807, 2.05) is 35.9 Å². The number of hydrogen-bond acceptors (Lipinski definition) is 6. The molecule has 136 valence electrons. The summed E-state index contributed by atoms with van der Waals surface area (Å²) in [6, 6.07) is 10.5. The van der Waals surface area contributed by atoms with Gasteiger partial charge in [0.05, 0.1) is 17.8 Å². The third-order valence-corrected chi connectivity index (χ3v) is 4.58. The highest BCUT2D eigenvalue weighted by Crippen LogP contribution is 2.21. The highest BCUT2D eigenvalue weighted by Gasteiger charge is 2.11.